The molecule has 0 spiro atoms. The standard InChI is InChI=1S/C13H21FN2/c1-4-6-10(2)16(3)13-8-5-7-12(14)11(13)9-15/h5,7-8,10H,4,6,9,15H2,1-3H3. The average Bonchev–Trinajstić information content (AvgIpc) is 2.28. The van der Waals surface area contributed by atoms with Crippen molar-refractivity contribution >= 4 is 5.69 Å². The number of nitrogens with two attached hydrogens (primary N) is 1. The van der Waals surface area contributed by atoms with Crippen molar-refractivity contribution in [3.05, 3.63) is 29.6 Å². The number of anilines is 1. The molecule has 16 heavy (non-hydrogen) atoms. The fourth-order valence-electron chi connectivity index (χ4n) is 1.93. The third-order valence-corrected chi connectivity index (χ3v) is 3.05. The summed E-state index contributed by atoms with van der Waals surface area (Å²) in [5, 5.41) is 0. The molecule has 0 aliphatic heterocycles. The van der Waals surface area contributed by atoms with Gasteiger partial charge >= 0.3 is 0 Å². The van der Waals surface area contributed by atoms with Crippen molar-refractivity contribution in [2.75, 3.05) is 11.9 Å². The summed E-state index contributed by atoms with van der Waals surface area (Å²) in [6, 6.07) is 5.53. The van der Waals surface area contributed by atoms with Gasteiger partial charge in [0.2, 0.25) is 0 Å². The van der Waals surface area contributed by atoms with Crippen LogP contribution in [0, 0.1) is 5.82 Å². The Morgan fingerprint density at radius 2 is 2.12 bits per heavy atom. The van der Waals surface area contributed by atoms with Crippen LogP contribution in [-0.4, -0.2) is 13.1 Å². The molecule has 0 saturated carbocycles. The van der Waals surface area contributed by atoms with Crippen molar-refractivity contribution in [1.82, 2.24) is 0 Å². The first-order chi connectivity index (χ1) is 7.61. The Hall–Kier alpha value is -1.09. The number of nitrogens with zero attached hydrogens (tertiary/aromatic N) is 1. The van der Waals surface area contributed by atoms with Gasteiger partial charge in [0, 0.05) is 30.9 Å². The Labute approximate surface area is 97.3 Å². The van der Waals surface area contributed by atoms with Crippen LogP contribution in [0.5, 0.6) is 0 Å². The molecule has 0 amide bonds. The Morgan fingerprint density at radius 1 is 1.44 bits per heavy atom. The van der Waals surface area contributed by atoms with Gasteiger partial charge in [-0.1, -0.05) is 19.4 Å². The van der Waals surface area contributed by atoms with E-state index in [4.69, 9.17) is 5.73 Å². The number of hydrogen-bond acceptors (Lipinski definition) is 2. The molecule has 1 aromatic rings. The maximum atomic E-state index is 13.6. The summed E-state index contributed by atoms with van der Waals surface area (Å²) < 4.78 is 13.6. The van der Waals surface area contributed by atoms with Crippen LogP contribution in [0.25, 0.3) is 0 Å². The lowest BCUT2D eigenvalue weighted by molar-refractivity contribution is 0.594. The van der Waals surface area contributed by atoms with E-state index in [0.717, 1.165) is 18.5 Å². The van der Waals surface area contributed by atoms with E-state index in [-0.39, 0.29) is 12.4 Å². The fourth-order valence-corrected chi connectivity index (χ4v) is 1.93. The van der Waals surface area contributed by atoms with Crippen molar-refractivity contribution in [1.29, 1.82) is 0 Å². The van der Waals surface area contributed by atoms with Gasteiger partial charge in [0.25, 0.3) is 0 Å². The van der Waals surface area contributed by atoms with Crippen molar-refractivity contribution < 1.29 is 4.39 Å². The quantitative estimate of drug-likeness (QED) is 0.833. The molecule has 0 bridgehead atoms. The van der Waals surface area contributed by atoms with Crippen molar-refractivity contribution in [3.63, 3.8) is 0 Å². The van der Waals surface area contributed by atoms with E-state index in [1.807, 2.05) is 13.1 Å². The van der Waals surface area contributed by atoms with E-state index >= 15 is 0 Å². The average molecular weight is 224 g/mol. The molecule has 0 aromatic heterocycles. The van der Waals surface area contributed by atoms with Crippen LogP contribution in [0.1, 0.15) is 32.3 Å². The van der Waals surface area contributed by atoms with Gasteiger partial charge in [-0.3, -0.25) is 0 Å². The van der Waals surface area contributed by atoms with E-state index < -0.39 is 0 Å². The summed E-state index contributed by atoms with van der Waals surface area (Å²) in [5.74, 6) is -0.212. The van der Waals surface area contributed by atoms with Crippen LogP contribution >= 0.6 is 0 Å². The summed E-state index contributed by atoms with van der Waals surface area (Å²) in [6.07, 6.45) is 2.22. The first kappa shape index (κ1) is 13.0. The predicted octanol–water partition coefficient (Wildman–Crippen LogP) is 2.91. The summed E-state index contributed by atoms with van der Waals surface area (Å²) in [5.41, 5.74) is 7.11. The smallest absolute Gasteiger partial charge is 0.129 e. The van der Waals surface area contributed by atoms with E-state index in [1.165, 1.54) is 6.07 Å². The van der Waals surface area contributed by atoms with E-state index in [2.05, 4.69) is 18.7 Å². The molecule has 90 valence electrons. The van der Waals surface area contributed by atoms with Crippen LogP contribution in [0.15, 0.2) is 18.2 Å². The topological polar surface area (TPSA) is 29.3 Å². The second kappa shape index (κ2) is 5.85. The van der Waals surface area contributed by atoms with Gasteiger partial charge in [0.05, 0.1) is 0 Å². The largest absolute Gasteiger partial charge is 0.372 e. The lowest BCUT2D eigenvalue weighted by Gasteiger charge is -2.28. The Balaban J connectivity index is 2.98. The maximum absolute atomic E-state index is 13.6. The first-order valence-corrected chi connectivity index (χ1v) is 5.82. The minimum Gasteiger partial charge on any atom is -0.372 e. The molecule has 0 aliphatic rings. The molecule has 0 fully saturated rings. The summed E-state index contributed by atoms with van der Waals surface area (Å²) >= 11 is 0. The van der Waals surface area contributed by atoms with Gasteiger partial charge in [-0.25, -0.2) is 4.39 Å². The van der Waals surface area contributed by atoms with Crippen LogP contribution < -0.4 is 10.6 Å². The van der Waals surface area contributed by atoms with Crippen LogP contribution in [-0.2, 0) is 6.54 Å². The van der Waals surface area contributed by atoms with Crippen molar-refractivity contribution in [3.8, 4) is 0 Å². The molecule has 1 atom stereocenters. The van der Waals surface area contributed by atoms with Gasteiger partial charge in [-0.15, -0.1) is 0 Å². The van der Waals surface area contributed by atoms with Crippen LogP contribution in [0.3, 0.4) is 0 Å². The Kier molecular flexibility index (Phi) is 4.74. The predicted molar refractivity (Wildman–Crippen MR) is 67.1 cm³/mol. The zero-order chi connectivity index (χ0) is 12.1. The molecule has 1 aromatic carbocycles. The summed E-state index contributed by atoms with van der Waals surface area (Å²) in [7, 11) is 1.99. The molecule has 1 rings (SSSR count). The normalized spacial score (nSPS) is 12.6. The van der Waals surface area contributed by atoms with Gasteiger partial charge in [-0.05, 0) is 25.5 Å². The van der Waals surface area contributed by atoms with Crippen LogP contribution in [0.2, 0.25) is 0 Å². The monoisotopic (exact) mass is 224 g/mol. The maximum Gasteiger partial charge on any atom is 0.129 e. The highest BCUT2D eigenvalue weighted by molar-refractivity contribution is 5.54. The summed E-state index contributed by atoms with van der Waals surface area (Å²) in [6.45, 7) is 4.54. The fraction of sp³-hybridized carbons (Fsp3) is 0.538. The van der Waals surface area contributed by atoms with Crippen molar-refractivity contribution in [2.24, 2.45) is 5.73 Å². The summed E-state index contributed by atoms with van der Waals surface area (Å²) in [4.78, 5) is 2.11. The highest BCUT2D eigenvalue weighted by Crippen LogP contribution is 2.24. The molecule has 2 N–H and O–H groups in total. The molecular weight excluding hydrogens is 203 g/mol. The second-order valence-corrected chi connectivity index (χ2v) is 4.19. The van der Waals surface area contributed by atoms with E-state index in [1.54, 1.807) is 6.07 Å². The molecule has 0 aliphatic carbocycles. The number of benzene rings is 1. The zero-order valence-corrected chi connectivity index (χ0v) is 10.3. The first-order valence-electron chi connectivity index (χ1n) is 5.82. The van der Waals surface area contributed by atoms with Gasteiger partial charge in [0.15, 0.2) is 0 Å². The van der Waals surface area contributed by atoms with Gasteiger partial charge < -0.3 is 10.6 Å². The molecular formula is C13H21FN2. The molecule has 1 unspecified atom stereocenters. The van der Waals surface area contributed by atoms with E-state index in [0.29, 0.717) is 11.6 Å². The highest BCUT2D eigenvalue weighted by atomic mass is 19.1. The SMILES string of the molecule is CCCC(C)N(C)c1cccc(F)c1CN. The van der Waals surface area contributed by atoms with Gasteiger partial charge in [-0.2, -0.15) is 0 Å². The second-order valence-electron chi connectivity index (χ2n) is 4.19. The lowest BCUT2D eigenvalue weighted by atomic mass is 10.1. The van der Waals surface area contributed by atoms with E-state index in [9.17, 15) is 4.39 Å². The third-order valence-electron chi connectivity index (χ3n) is 3.05. The van der Waals surface area contributed by atoms with Gasteiger partial charge in [0.1, 0.15) is 5.82 Å². The Bertz CT molecular complexity index is 339. The molecule has 3 heteroatoms. The number of rotatable bonds is 5. The Morgan fingerprint density at radius 3 is 2.69 bits per heavy atom. The number of hydrogen-bond donors (Lipinski definition) is 1. The minimum atomic E-state index is -0.212. The minimum absolute atomic E-state index is 0.212. The van der Waals surface area contributed by atoms with Crippen molar-refractivity contribution in [2.45, 2.75) is 39.3 Å². The zero-order valence-electron chi connectivity index (χ0n) is 10.3. The lowest BCUT2D eigenvalue weighted by Crippen LogP contribution is -2.30. The third kappa shape index (κ3) is 2.73. The van der Waals surface area contributed by atoms with Crippen LogP contribution in [0.4, 0.5) is 10.1 Å². The number of halogens is 1. The molecule has 0 saturated heterocycles. The molecule has 0 heterocycles. The molecule has 0 radical (unpaired) electrons. The molecule has 2 nitrogen and oxygen atoms in total. The highest BCUT2D eigenvalue weighted by Gasteiger charge is 2.14.